The summed E-state index contributed by atoms with van der Waals surface area (Å²) in [6.07, 6.45) is 10.7. The van der Waals surface area contributed by atoms with Crippen molar-refractivity contribution < 1.29 is 5.11 Å². The molecule has 0 bridgehead atoms. The van der Waals surface area contributed by atoms with Gasteiger partial charge in [0.1, 0.15) is 0 Å². The van der Waals surface area contributed by atoms with Crippen molar-refractivity contribution in [3.63, 3.8) is 0 Å². The lowest BCUT2D eigenvalue weighted by Crippen LogP contribution is -2.21. The third-order valence-electron chi connectivity index (χ3n) is 4.57. The van der Waals surface area contributed by atoms with Crippen molar-refractivity contribution in [1.82, 2.24) is 0 Å². The Morgan fingerprint density at radius 1 is 1.25 bits per heavy atom. The second kappa shape index (κ2) is 9.10. The first kappa shape index (κ1) is 18.0. The van der Waals surface area contributed by atoms with Gasteiger partial charge in [0.2, 0.25) is 0 Å². The van der Waals surface area contributed by atoms with Crippen LogP contribution in [0.2, 0.25) is 0 Å². The molecule has 5 unspecified atom stereocenters. The minimum absolute atomic E-state index is 0.282. The van der Waals surface area contributed by atoms with E-state index >= 15 is 0 Å². The molecule has 0 heterocycles. The zero-order chi connectivity index (χ0) is 15.1. The number of hydrogen-bond acceptors (Lipinski definition) is 1. The van der Waals surface area contributed by atoms with Crippen LogP contribution < -0.4 is 0 Å². The van der Waals surface area contributed by atoms with Crippen molar-refractivity contribution in [3.8, 4) is 0 Å². The molecule has 5 atom stereocenters. The second-order valence-corrected chi connectivity index (χ2v) is 7.85. The first-order valence-corrected chi connectivity index (χ1v) is 8.84. The Hall–Kier alpha value is -0.0100. The van der Waals surface area contributed by atoms with Crippen LogP contribution >= 0.6 is 11.6 Å². The Morgan fingerprint density at radius 2 is 1.95 bits per heavy atom. The average Bonchev–Trinajstić information content (AvgIpc) is 2.34. The molecule has 0 aromatic rings. The summed E-state index contributed by atoms with van der Waals surface area (Å²) in [6, 6.07) is 0. The number of rotatable bonds is 7. The molecule has 0 saturated heterocycles. The number of allylic oxidation sites excluding steroid dienone is 1. The minimum atomic E-state index is -0.282. The van der Waals surface area contributed by atoms with Crippen molar-refractivity contribution in [3.05, 3.63) is 12.2 Å². The fraction of sp³-hybridized carbons (Fsp3) is 0.889. The number of aliphatic hydroxyl groups excluding tert-OH is 1. The summed E-state index contributed by atoms with van der Waals surface area (Å²) in [5.41, 5.74) is 0. The van der Waals surface area contributed by atoms with Crippen molar-refractivity contribution in [1.29, 1.82) is 0 Å². The van der Waals surface area contributed by atoms with Gasteiger partial charge >= 0.3 is 0 Å². The van der Waals surface area contributed by atoms with Gasteiger partial charge in [-0.05, 0) is 55.8 Å². The van der Waals surface area contributed by atoms with E-state index in [4.69, 9.17) is 11.6 Å². The maximum Gasteiger partial charge on any atom is 0.0749 e. The van der Waals surface area contributed by atoms with Crippen LogP contribution in [0.3, 0.4) is 0 Å². The van der Waals surface area contributed by atoms with Crippen molar-refractivity contribution >= 4 is 11.6 Å². The fourth-order valence-corrected chi connectivity index (χ4v) is 4.13. The molecular weight excluding hydrogens is 268 g/mol. The number of halogens is 1. The van der Waals surface area contributed by atoms with Crippen LogP contribution in [0, 0.1) is 23.7 Å². The first-order valence-electron chi connectivity index (χ1n) is 8.41. The van der Waals surface area contributed by atoms with E-state index in [9.17, 15) is 5.11 Å². The highest BCUT2D eigenvalue weighted by Crippen LogP contribution is 2.34. The average molecular weight is 301 g/mol. The maximum absolute atomic E-state index is 10.3. The van der Waals surface area contributed by atoms with E-state index in [0.717, 1.165) is 38.0 Å². The molecule has 118 valence electrons. The highest BCUT2D eigenvalue weighted by Gasteiger charge is 2.24. The summed E-state index contributed by atoms with van der Waals surface area (Å²) in [7, 11) is 0. The Balaban J connectivity index is 2.38. The molecule has 1 N–H and O–H groups in total. The van der Waals surface area contributed by atoms with Gasteiger partial charge in [-0.3, -0.25) is 0 Å². The van der Waals surface area contributed by atoms with E-state index < -0.39 is 0 Å². The quantitative estimate of drug-likeness (QED) is 0.492. The van der Waals surface area contributed by atoms with Crippen LogP contribution in [0.4, 0.5) is 0 Å². The van der Waals surface area contributed by atoms with Gasteiger partial charge in [-0.15, -0.1) is 11.6 Å². The molecule has 20 heavy (non-hydrogen) atoms. The summed E-state index contributed by atoms with van der Waals surface area (Å²) >= 11 is 6.30. The Labute approximate surface area is 130 Å². The van der Waals surface area contributed by atoms with Gasteiger partial charge in [0.15, 0.2) is 0 Å². The molecule has 1 fully saturated rings. The third-order valence-corrected chi connectivity index (χ3v) is 4.92. The molecule has 1 aliphatic carbocycles. The lowest BCUT2D eigenvalue weighted by atomic mass is 9.80. The van der Waals surface area contributed by atoms with Crippen LogP contribution in [0.15, 0.2) is 12.2 Å². The highest BCUT2D eigenvalue weighted by atomic mass is 35.5. The molecule has 1 nitrogen and oxygen atoms in total. The summed E-state index contributed by atoms with van der Waals surface area (Å²) in [5.74, 6) is 2.50. The van der Waals surface area contributed by atoms with Crippen molar-refractivity contribution in [2.75, 3.05) is 0 Å². The number of alkyl halides is 1. The van der Waals surface area contributed by atoms with Crippen LogP contribution in [-0.4, -0.2) is 16.6 Å². The summed E-state index contributed by atoms with van der Waals surface area (Å²) in [4.78, 5) is 0. The fourth-order valence-electron chi connectivity index (χ4n) is 3.57. The van der Waals surface area contributed by atoms with E-state index in [-0.39, 0.29) is 6.10 Å². The molecule has 0 aromatic carbocycles. The molecule has 0 radical (unpaired) electrons. The zero-order valence-electron chi connectivity index (χ0n) is 13.7. The molecule has 1 rings (SSSR count). The van der Waals surface area contributed by atoms with E-state index in [1.165, 1.54) is 6.42 Å². The van der Waals surface area contributed by atoms with Gasteiger partial charge in [-0.2, -0.15) is 0 Å². The standard InChI is InChI=1S/C18H33ClO/c1-5-16(9-13(2)3)18(20)8-6-7-15-10-14(4)11-17(19)12-15/h6,8,13-18,20H,5,7,9-12H2,1-4H3. The maximum atomic E-state index is 10.3. The first-order chi connectivity index (χ1) is 9.42. The highest BCUT2D eigenvalue weighted by molar-refractivity contribution is 6.20. The van der Waals surface area contributed by atoms with E-state index in [1.54, 1.807) is 0 Å². The molecule has 1 aliphatic rings. The third kappa shape index (κ3) is 6.63. The number of aliphatic hydroxyl groups is 1. The summed E-state index contributed by atoms with van der Waals surface area (Å²) in [6.45, 7) is 8.92. The van der Waals surface area contributed by atoms with Crippen molar-refractivity contribution in [2.24, 2.45) is 23.7 Å². The van der Waals surface area contributed by atoms with Gasteiger partial charge < -0.3 is 5.11 Å². The zero-order valence-corrected chi connectivity index (χ0v) is 14.4. The molecule has 0 spiro atoms. The molecular formula is C18H33ClO. The number of hydrogen-bond donors (Lipinski definition) is 1. The van der Waals surface area contributed by atoms with Crippen LogP contribution in [0.1, 0.15) is 66.2 Å². The van der Waals surface area contributed by atoms with Gasteiger partial charge in [0.25, 0.3) is 0 Å². The lowest BCUT2D eigenvalue weighted by molar-refractivity contribution is 0.134. The van der Waals surface area contributed by atoms with Crippen LogP contribution in [0.5, 0.6) is 0 Å². The van der Waals surface area contributed by atoms with Gasteiger partial charge in [0.05, 0.1) is 6.10 Å². The Kier molecular flexibility index (Phi) is 8.21. The Bertz CT molecular complexity index is 277. The van der Waals surface area contributed by atoms with E-state index in [0.29, 0.717) is 23.1 Å². The predicted octanol–water partition coefficient (Wildman–Crippen LogP) is 5.41. The molecule has 0 aliphatic heterocycles. The Morgan fingerprint density at radius 3 is 2.50 bits per heavy atom. The topological polar surface area (TPSA) is 20.2 Å². The molecule has 0 amide bonds. The van der Waals surface area contributed by atoms with Gasteiger partial charge in [0, 0.05) is 5.38 Å². The molecule has 2 heteroatoms. The molecule has 0 aromatic heterocycles. The van der Waals surface area contributed by atoms with Crippen LogP contribution in [-0.2, 0) is 0 Å². The van der Waals surface area contributed by atoms with Crippen LogP contribution in [0.25, 0.3) is 0 Å². The largest absolute Gasteiger partial charge is 0.389 e. The predicted molar refractivity (Wildman–Crippen MR) is 89.1 cm³/mol. The smallest absolute Gasteiger partial charge is 0.0749 e. The normalized spacial score (nSPS) is 30.9. The van der Waals surface area contributed by atoms with Gasteiger partial charge in [-0.25, -0.2) is 0 Å². The van der Waals surface area contributed by atoms with Gasteiger partial charge in [-0.1, -0.05) is 46.3 Å². The van der Waals surface area contributed by atoms with Crippen molar-refractivity contribution in [2.45, 2.75) is 77.7 Å². The second-order valence-electron chi connectivity index (χ2n) is 7.23. The molecule has 1 saturated carbocycles. The summed E-state index contributed by atoms with van der Waals surface area (Å²) < 4.78 is 0. The van der Waals surface area contributed by atoms with E-state index in [1.807, 2.05) is 6.08 Å². The lowest BCUT2D eigenvalue weighted by Gasteiger charge is -2.29. The van der Waals surface area contributed by atoms with E-state index in [2.05, 4.69) is 33.8 Å². The summed E-state index contributed by atoms with van der Waals surface area (Å²) in [5, 5.41) is 10.6. The monoisotopic (exact) mass is 300 g/mol. The SMILES string of the molecule is CCC(CC(C)C)C(O)C=CCC1CC(C)CC(Cl)C1. The minimum Gasteiger partial charge on any atom is -0.389 e.